The molecular formula is C27H29F7N8O4. The van der Waals surface area contributed by atoms with E-state index < -0.39 is 61.0 Å². The Morgan fingerprint density at radius 3 is 2.48 bits per heavy atom. The van der Waals surface area contributed by atoms with Gasteiger partial charge in [0.05, 0.1) is 31.3 Å². The number of aliphatic hydroxyl groups is 1. The zero-order chi connectivity index (χ0) is 33.8. The Morgan fingerprint density at radius 1 is 1.13 bits per heavy atom. The molecule has 5 heterocycles. The first-order valence-corrected chi connectivity index (χ1v) is 13.9. The molecule has 3 aromatic rings. The molecule has 0 saturated carbocycles. The van der Waals surface area contributed by atoms with Gasteiger partial charge in [0, 0.05) is 31.4 Å². The molecule has 2 fully saturated rings. The summed E-state index contributed by atoms with van der Waals surface area (Å²) in [7, 11) is 1.22. The highest BCUT2D eigenvalue weighted by atomic mass is 19.4. The predicted octanol–water partition coefficient (Wildman–Crippen LogP) is 2.36. The van der Waals surface area contributed by atoms with Gasteiger partial charge in [0.25, 0.3) is 11.8 Å². The number of likely N-dealkylation sites (tertiary alicyclic amines) is 2. The average Bonchev–Trinajstić information content (AvgIpc) is 3.70. The molecule has 2 amide bonds. The number of halogens is 7. The van der Waals surface area contributed by atoms with E-state index >= 15 is 0 Å². The number of pyridine rings is 1. The second-order valence-corrected chi connectivity index (χ2v) is 11.4. The van der Waals surface area contributed by atoms with E-state index in [1.807, 2.05) is 0 Å². The number of anilines is 1. The highest BCUT2D eigenvalue weighted by Crippen LogP contribution is 2.36. The van der Waals surface area contributed by atoms with Crippen molar-refractivity contribution in [3.05, 3.63) is 35.8 Å². The molecule has 46 heavy (non-hydrogen) atoms. The van der Waals surface area contributed by atoms with Crippen molar-refractivity contribution in [2.75, 3.05) is 39.0 Å². The summed E-state index contributed by atoms with van der Waals surface area (Å²) in [5, 5.41) is 16.3. The maximum atomic E-state index is 14.8. The standard InChI is InChI=1S/C27H29F7N8O4/c1-25(45,27(32,33)34)24(44)41-10-17(28)18(11-41)39-22(43)16-5-13(7-36-23(16)46-2)19-6-14(20-21(35)37-12-38-42(19)20)8-40-4-3-15(9-40)26(29,30)31/h5-7,12,15,17-18,45H,3-4,8-11H2,1-2H3,(H,39,43)(H2,35,37,38)/t15?,17-,18+,25+/m0/s1. The topological polar surface area (TPSA) is 151 Å². The Balaban J connectivity index is 1.41. The average molecular weight is 663 g/mol. The van der Waals surface area contributed by atoms with Crippen molar-refractivity contribution in [2.45, 2.75) is 50.1 Å². The molecular weight excluding hydrogens is 633 g/mol. The number of hydrogen-bond donors (Lipinski definition) is 3. The molecule has 0 aromatic carbocycles. The third kappa shape index (κ3) is 6.12. The van der Waals surface area contributed by atoms with Crippen LogP contribution in [0, 0.1) is 5.92 Å². The molecule has 1 unspecified atom stereocenters. The fraction of sp³-hybridized carbons (Fsp3) is 0.519. The number of aromatic nitrogens is 4. The maximum absolute atomic E-state index is 14.8. The third-order valence-electron chi connectivity index (χ3n) is 8.20. The predicted molar refractivity (Wildman–Crippen MR) is 146 cm³/mol. The summed E-state index contributed by atoms with van der Waals surface area (Å²) >= 11 is 0. The van der Waals surface area contributed by atoms with Gasteiger partial charge < -0.3 is 25.8 Å². The van der Waals surface area contributed by atoms with E-state index in [1.54, 1.807) is 11.0 Å². The summed E-state index contributed by atoms with van der Waals surface area (Å²) in [6, 6.07) is 1.53. The van der Waals surface area contributed by atoms with Gasteiger partial charge in [0.2, 0.25) is 11.5 Å². The highest BCUT2D eigenvalue weighted by Gasteiger charge is 2.58. The first-order chi connectivity index (χ1) is 21.4. The second-order valence-electron chi connectivity index (χ2n) is 11.4. The number of fused-ring (bicyclic) bond motifs is 1. The third-order valence-corrected chi connectivity index (χ3v) is 8.20. The van der Waals surface area contributed by atoms with Crippen LogP contribution < -0.4 is 15.8 Å². The fourth-order valence-electron chi connectivity index (χ4n) is 5.61. The Hall–Kier alpha value is -4.26. The van der Waals surface area contributed by atoms with Crippen LogP contribution in [0.25, 0.3) is 16.8 Å². The molecule has 0 aliphatic carbocycles. The zero-order valence-electron chi connectivity index (χ0n) is 24.4. The van der Waals surface area contributed by atoms with Gasteiger partial charge in [0.1, 0.15) is 23.6 Å². The van der Waals surface area contributed by atoms with Gasteiger partial charge in [-0.05, 0) is 37.6 Å². The monoisotopic (exact) mass is 662 g/mol. The van der Waals surface area contributed by atoms with Crippen molar-refractivity contribution in [1.29, 1.82) is 0 Å². The van der Waals surface area contributed by atoms with Crippen molar-refractivity contribution in [1.82, 2.24) is 34.7 Å². The van der Waals surface area contributed by atoms with Crippen LogP contribution in [0.15, 0.2) is 24.7 Å². The highest BCUT2D eigenvalue weighted by molar-refractivity contribution is 5.98. The lowest BCUT2D eigenvalue weighted by atomic mass is 10.1. The minimum atomic E-state index is -5.31. The van der Waals surface area contributed by atoms with Crippen molar-refractivity contribution in [2.24, 2.45) is 5.92 Å². The Morgan fingerprint density at radius 2 is 1.85 bits per heavy atom. The smallest absolute Gasteiger partial charge is 0.426 e. The molecule has 0 spiro atoms. The molecule has 3 aromatic heterocycles. The number of ether oxygens (including phenoxy) is 1. The van der Waals surface area contributed by atoms with Gasteiger partial charge in [-0.25, -0.2) is 18.9 Å². The molecule has 19 heteroatoms. The number of nitrogens with two attached hydrogens (primary N) is 1. The number of amides is 2. The minimum absolute atomic E-state index is 0.0523. The number of nitrogens with zero attached hydrogens (tertiary/aromatic N) is 6. The summed E-state index contributed by atoms with van der Waals surface area (Å²) in [4.78, 5) is 35.9. The lowest BCUT2D eigenvalue weighted by Crippen LogP contribution is -2.56. The molecule has 0 radical (unpaired) electrons. The summed E-state index contributed by atoms with van der Waals surface area (Å²) < 4.78 is 101. The lowest BCUT2D eigenvalue weighted by Gasteiger charge is -2.29. The summed E-state index contributed by atoms with van der Waals surface area (Å²) in [6.45, 7) is -1.09. The Bertz CT molecular complexity index is 1640. The van der Waals surface area contributed by atoms with E-state index in [0.29, 0.717) is 21.7 Å². The van der Waals surface area contributed by atoms with E-state index in [-0.39, 0.29) is 55.8 Å². The Kier molecular flexibility index (Phi) is 8.52. The second kappa shape index (κ2) is 11.8. The van der Waals surface area contributed by atoms with Crippen LogP contribution >= 0.6 is 0 Å². The molecule has 2 saturated heterocycles. The van der Waals surface area contributed by atoms with Crippen LogP contribution in [0.1, 0.15) is 29.3 Å². The van der Waals surface area contributed by atoms with Crippen LogP contribution in [0.4, 0.5) is 36.6 Å². The number of nitrogen functional groups attached to an aromatic ring is 1. The number of rotatable bonds is 7. The van der Waals surface area contributed by atoms with Crippen LogP contribution in [0.2, 0.25) is 0 Å². The number of methoxy groups -OCH3 is 1. The summed E-state index contributed by atoms with van der Waals surface area (Å²) in [6.07, 6.45) is -9.15. The molecule has 250 valence electrons. The van der Waals surface area contributed by atoms with Crippen molar-refractivity contribution in [3.8, 4) is 17.1 Å². The van der Waals surface area contributed by atoms with Crippen molar-refractivity contribution in [3.63, 3.8) is 0 Å². The van der Waals surface area contributed by atoms with Gasteiger partial charge in [-0.3, -0.25) is 14.5 Å². The van der Waals surface area contributed by atoms with Gasteiger partial charge in [-0.1, -0.05) is 0 Å². The fourth-order valence-corrected chi connectivity index (χ4v) is 5.61. The van der Waals surface area contributed by atoms with E-state index in [4.69, 9.17) is 10.5 Å². The quantitative estimate of drug-likeness (QED) is 0.324. The lowest BCUT2D eigenvalue weighted by molar-refractivity contribution is -0.249. The van der Waals surface area contributed by atoms with E-state index in [2.05, 4.69) is 20.4 Å². The maximum Gasteiger partial charge on any atom is 0.426 e. The summed E-state index contributed by atoms with van der Waals surface area (Å²) in [5.74, 6) is -4.29. The molecule has 5 rings (SSSR count). The van der Waals surface area contributed by atoms with Gasteiger partial charge in [-0.2, -0.15) is 31.4 Å². The van der Waals surface area contributed by atoms with Crippen LogP contribution in [0.3, 0.4) is 0 Å². The van der Waals surface area contributed by atoms with Crippen LogP contribution in [-0.2, 0) is 11.3 Å². The SMILES string of the molecule is COc1ncc(-c2cc(CN3CCC(C(F)(F)F)C3)c3c(N)ncnn23)cc1C(=O)N[C@@H]1CN(C(=O)[C@@](C)(O)C(F)(F)F)C[C@@H]1F. The van der Waals surface area contributed by atoms with Gasteiger partial charge in [0.15, 0.2) is 5.82 Å². The minimum Gasteiger partial charge on any atom is -0.480 e. The molecule has 12 nitrogen and oxygen atoms in total. The first-order valence-electron chi connectivity index (χ1n) is 13.9. The number of alkyl halides is 7. The van der Waals surface area contributed by atoms with Gasteiger partial charge in [-0.15, -0.1) is 0 Å². The number of nitrogens with one attached hydrogen (secondary N) is 1. The summed E-state index contributed by atoms with van der Waals surface area (Å²) in [5.41, 5.74) is 3.63. The molecule has 2 aliphatic heterocycles. The molecule has 0 bridgehead atoms. The number of carbonyl (C=O) groups is 2. The normalized spacial score (nSPS) is 22.3. The van der Waals surface area contributed by atoms with Crippen molar-refractivity contribution < 1.29 is 50.2 Å². The van der Waals surface area contributed by atoms with E-state index in [9.17, 15) is 45.4 Å². The van der Waals surface area contributed by atoms with E-state index in [1.165, 1.54) is 30.2 Å². The molecule has 4 N–H and O–H groups in total. The van der Waals surface area contributed by atoms with Crippen molar-refractivity contribution >= 4 is 23.1 Å². The zero-order valence-corrected chi connectivity index (χ0v) is 24.4. The van der Waals surface area contributed by atoms with E-state index in [0.717, 1.165) is 0 Å². The largest absolute Gasteiger partial charge is 0.480 e. The molecule has 4 atom stereocenters. The van der Waals surface area contributed by atoms with Crippen LogP contribution in [-0.4, -0.2) is 110 Å². The Labute approximate surface area is 256 Å². The number of carbonyl (C=O) groups excluding carboxylic acids is 2. The number of hydrogen-bond acceptors (Lipinski definition) is 9. The van der Waals surface area contributed by atoms with Crippen LogP contribution in [0.5, 0.6) is 5.88 Å². The first kappa shape index (κ1) is 33.1. The molecule has 2 aliphatic rings. The van der Waals surface area contributed by atoms with Gasteiger partial charge >= 0.3 is 12.4 Å².